The molecule has 1 aromatic rings. The predicted molar refractivity (Wildman–Crippen MR) is 76.9 cm³/mol. The Hall–Kier alpha value is -1.42. The number of aromatic hydroxyl groups is 1. The van der Waals surface area contributed by atoms with E-state index in [1.807, 2.05) is 0 Å². The van der Waals surface area contributed by atoms with Crippen LogP contribution in [0.25, 0.3) is 0 Å². The fourth-order valence-electron chi connectivity index (χ4n) is 3.34. The van der Waals surface area contributed by atoms with Crippen LogP contribution in [0.2, 0.25) is 5.02 Å². The van der Waals surface area contributed by atoms with Crippen LogP contribution in [0, 0.1) is 13.8 Å². The molecule has 1 aliphatic rings. The lowest BCUT2D eigenvalue weighted by atomic mass is 9.75. The topological polar surface area (TPSA) is 66.8 Å². The Morgan fingerprint density at radius 3 is 2.25 bits per heavy atom. The van der Waals surface area contributed by atoms with E-state index in [4.69, 9.17) is 16.3 Å². The lowest BCUT2D eigenvalue weighted by Gasteiger charge is -2.29. The third-order valence-corrected chi connectivity index (χ3v) is 4.94. The van der Waals surface area contributed by atoms with Crippen molar-refractivity contribution in [3.05, 3.63) is 21.7 Å². The zero-order valence-corrected chi connectivity index (χ0v) is 12.7. The van der Waals surface area contributed by atoms with E-state index in [0.717, 1.165) is 12.8 Å². The van der Waals surface area contributed by atoms with Crippen LogP contribution < -0.4 is 4.74 Å². The minimum absolute atomic E-state index is 0.0869. The van der Waals surface area contributed by atoms with Crippen molar-refractivity contribution in [2.45, 2.75) is 44.9 Å². The number of hydrogen-bond acceptors (Lipinski definition) is 3. The summed E-state index contributed by atoms with van der Waals surface area (Å²) in [6.07, 6.45) is 2.69. The third kappa shape index (κ3) is 1.94. The number of carboxylic acids is 1. The number of carboxylic acid groups (broad SMARTS) is 1. The van der Waals surface area contributed by atoms with E-state index in [9.17, 15) is 15.0 Å². The van der Waals surface area contributed by atoms with E-state index in [-0.39, 0.29) is 11.5 Å². The molecule has 0 radical (unpaired) electrons. The number of ether oxygens (including phenoxy) is 1. The highest BCUT2D eigenvalue weighted by molar-refractivity contribution is 6.32. The number of halogens is 1. The zero-order valence-electron chi connectivity index (χ0n) is 11.9. The van der Waals surface area contributed by atoms with Gasteiger partial charge in [0, 0.05) is 11.1 Å². The van der Waals surface area contributed by atoms with Gasteiger partial charge in [-0.25, -0.2) is 0 Å². The van der Waals surface area contributed by atoms with Gasteiger partial charge in [-0.15, -0.1) is 0 Å². The Bertz CT molecular complexity index is 560. The lowest BCUT2D eigenvalue weighted by molar-refractivity contribution is -0.143. The van der Waals surface area contributed by atoms with Gasteiger partial charge in [0.05, 0.1) is 17.5 Å². The van der Waals surface area contributed by atoms with Crippen molar-refractivity contribution >= 4 is 17.6 Å². The molecule has 0 aliphatic heterocycles. The second-order valence-corrected chi connectivity index (χ2v) is 5.79. The van der Waals surface area contributed by atoms with Gasteiger partial charge in [0.25, 0.3) is 0 Å². The van der Waals surface area contributed by atoms with Gasteiger partial charge in [-0.1, -0.05) is 24.4 Å². The van der Waals surface area contributed by atoms with E-state index >= 15 is 0 Å². The highest BCUT2D eigenvalue weighted by Crippen LogP contribution is 2.51. The minimum atomic E-state index is -1.06. The predicted octanol–water partition coefficient (Wildman–Crippen LogP) is 3.57. The Morgan fingerprint density at radius 2 is 1.80 bits per heavy atom. The number of phenolic OH excluding ortho intramolecular Hbond substituents is 1. The molecular weight excluding hydrogens is 280 g/mol. The number of aliphatic carboxylic acids is 1. The summed E-state index contributed by atoms with van der Waals surface area (Å²) in [7, 11) is 1.44. The standard InChI is InChI=1S/C15H19ClO4/c1-8-10(15(14(18)19)6-4-5-7-15)12(17)13(20-3)9(2)11(8)16/h17H,4-7H2,1-3H3,(H,18,19). The van der Waals surface area contributed by atoms with Crippen LogP contribution in [0.5, 0.6) is 11.5 Å². The van der Waals surface area contributed by atoms with Gasteiger partial charge >= 0.3 is 5.97 Å². The molecule has 0 atom stereocenters. The molecule has 1 fully saturated rings. The van der Waals surface area contributed by atoms with Crippen LogP contribution in [0.4, 0.5) is 0 Å². The minimum Gasteiger partial charge on any atom is -0.504 e. The molecule has 0 bridgehead atoms. The van der Waals surface area contributed by atoms with Crippen LogP contribution in [0.15, 0.2) is 0 Å². The average Bonchev–Trinajstić information content (AvgIpc) is 2.88. The van der Waals surface area contributed by atoms with Gasteiger partial charge in [-0.3, -0.25) is 4.79 Å². The van der Waals surface area contributed by atoms with Crippen LogP contribution in [-0.4, -0.2) is 23.3 Å². The van der Waals surface area contributed by atoms with E-state index in [1.54, 1.807) is 13.8 Å². The molecule has 110 valence electrons. The first-order chi connectivity index (χ1) is 9.36. The fraction of sp³-hybridized carbons (Fsp3) is 0.533. The second-order valence-electron chi connectivity index (χ2n) is 5.42. The van der Waals surface area contributed by atoms with Crippen LogP contribution in [0.1, 0.15) is 42.4 Å². The summed E-state index contributed by atoms with van der Waals surface area (Å²) >= 11 is 6.30. The smallest absolute Gasteiger partial charge is 0.314 e. The quantitative estimate of drug-likeness (QED) is 0.895. The average molecular weight is 299 g/mol. The summed E-state index contributed by atoms with van der Waals surface area (Å²) in [5.41, 5.74) is 0.617. The van der Waals surface area contributed by atoms with E-state index in [0.29, 0.717) is 34.6 Å². The molecule has 0 saturated heterocycles. The highest BCUT2D eigenvalue weighted by atomic mass is 35.5. The van der Waals surface area contributed by atoms with Gasteiger partial charge in [0.2, 0.25) is 0 Å². The Morgan fingerprint density at radius 1 is 1.25 bits per heavy atom. The van der Waals surface area contributed by atoms with Crippen molar-refractivity contribution < 1.29 is 19.7 Å². The normalized spacial score (nSPS) is 17.2. The van der Waals surface area contributed by atoms with Gasteiger partial charge in [-0.2, -0.15) is 0 Å². The maximum atomic E-state index is 11.8. The van der Waals surface area contributed by atoms with Gasteiger partial charge in [0.1, 0.15) is 0 Å². The number of carbonyl (C=O) groups is 1. The summed E-state index contributed by atoms with van der Waals surface area (Å²) in [6.45, 7) is 3.51. The summed E-state index contributed by atoms with van der Waals surface area (Å²) in [5, 5.41) is 20.7. The molecule has 0 amide bonds. The van der Waals surface area contributed by atoms with E-state index < -0.39 is 11.4 Å². The molecule has 20 heavy (non-hydrogen) atoms. The summed E-state index contributed by atoms with van der Waals surface area (Å²) in [4.78, 5) is 11.8. The van der Waals surface area contributed by atoms with E-state index in [2.05, 4.69) is 0 Å². The third-order valence-electron chi connectivity index (χ3n) is 4.38. The van der Waals surface area contributed by atoms with Crippen LogP contribution in [0.3, 0.4) is 0 Å². The molecule has 0 spiro atoms. The van der Waals surface area contributed by atoms with Gasteiger partial charge in [0.15, 0.2) is 11.5 Å². The Kier molecular flexibility index (Phi) is 3.87. The lowest BCUT2D eigenvalue weighted by Crippen LogP contribution is -2.33. The first kappa shape index (κ1) is 15.0. The van der Waals surface area contributed by atoms with Crippen molar-refractivity contribution in [1.82, 2.24) is 0 Å². The molecule has 0 heterocycles. The van der Waals surface area contributed by atoms with Gasteiger partial charge < -0.3 is 14.9 Å². The van der Waals surface area contributed by atoms with Crippen molar-refractivity contribution in [3.63, 3.8) is 0 Å². The summed E-state index contributed by atoms with van der Waals surface area (Å²) in [5.74, 6) is -0.727. The molecule has 1 aromatic carbocycles. The first-order valence-electron chi connectivity index (χ1n) is 6.66. The van der Waals surface area contributed by atoms with Crippen molar-refractivity contribution in [2.75, 3.05) is 7.11 Å². The van der Waals surface area contributed by atoms with Crippen molar-refractivity contribution in [3.8, 4) is 11.5 Å². The number of hydrogen-bond donors (Lipinski definition) is 2. The summed E-state index contributed by atoms with van der Waals surface area (Å²) < 4.78 is 5.21. The van der Waals surface area contributed by atoms with Crippen LogP contribution >= 0.6 is 11.6 Å². The molecule has 2 N–H and O–H groups in total. The molecule has 0 unspecified atom stereocenters. The molecule has 1 aliphatic carbocycles. The Labute approximate surface area is 123 Å². The van der Waals surface area contributed by atoms with Gasteiger partial charge in [-0.05, 0) is 32.3 Å². The maximum absolute atomic E-state index is 11.8. The van der Waals surface area contributed by atoms with Crippen LogP contribution in [-0.2, 0) is 10.2 Å². The monoisotopic (exact) mass is 298 g/mol. The second kappa shape index (κ2) is 5.17. The molecule has 2 rings (SSSR count). The molecule has 4 nitrogen and oxygen atoms in total. The molecular formula is C15H19ClO4. The molecule has 1 saturated carbocycles. The maximum Gasteiger partial charge on any atom is 0.314 e. The van der Waals surface area contributed by atoms with E-state index in [1.165, 1.54) is 7.11 Å². The molecule has 0 aromatic heterocycles. The number of rotatable bonds is 3. The fourth-order valence-corrected chi connectivity index (χ4v) is 3.52. The molecule has 5 heteroatoms. The Balaban J connectivity index is 2.80. The number of methoxy groups -OCH3 is 1. The zero-order chi connectivity index (χ0) is 15.1. The van der Waals surface area contributed by atoms with Crippen molar-refractivity contribution in [2.24, 2.45) is 0 Å². The highest BCUT2D eigenvalue weighted by Gasteiger charge is 2.47. The first-order valence-corrected chi connectivity index (χ1v) is 7.04. The van der Waals surface area contributed by atoms with Crippen molar-refractivity contribution in [1.29, 1.82) is 0 Å². The number of benzene rings is 1. The SMILES string of the molecule is COc1c(C)c(Cl)c(C)c(C2(C(=O)O)CCCC2)c1O. The summed E-state index contributed by atoms with van der Waals surface area (Å²) in [6, 6.07) is 0. The number of phenols is 1. The largest absolute Gasteiger partial charge is 0.504 e.